The van der Waals surface area contributed by atoms with E-state index in [9.17, 15) is 4.79 Å². The number of nitrogens with zero attached hydrogens (tertiary/aromatic N) is 2. The summed E-state index contributed by atoms with van der Waals surface area (Å²) in [6.07, 6.45) is 3.14. The molecule has 0 aliphatic carbocycles. The summed E-state index contributed by atoms with van der Waals surface area (Å²) in [6, 6.07) is 1.17. The first kappa shape index (κ1) is 9.48. The van der Waals surface area contributed by atoms with Crippen LogP contribution < -0.4 is 5.73 Å². The number of hydrogen-bond acceptors (Lipinski definition) is 2. The van der Waals surface area contributed by atoms with E-state index in [-0.39, 0.29) is 5.15 Å². The molecule has 4 nitrogen and oxygen atoms in total. The summed E-state index contributed by atoms with van der Waals surface area (Å²) in [7, 11) is 0. The number of pyridine rings is 1. The minimum absolute atomic E-state index is 0.256. The Balaban J connectivity index is 2.90. The summed E-state index contributed by atoms with van der Waals surface area (Å²) in [5, 5.41) is 1.07. The summed E-state index contributed by atoms with van der Waals surface area (Å²) in [5.74, 6) is 0. The highest BCUT2D eigenvalue weighted by atomic mass is 79.9. The Morgan fingerprint density at radius 1 is 1.64 bits per heavy atom. The van der Waals surface area contributed by atoms with Gasteiger partial charge in [0.1, 0.15) is 0 Å². The van der Waals surface area contributed by atoms with Gasteiger partial charge in [-0.1, -0.05) is 11.6 Å². The molecule has 2 rings (SSSR count). The van der Waals surface area contributed by atoms with Crippen molar-refractivity contribution < 1.29 is 4.79 Å². The zero-order valence-corrected chi connectivity index (χ0v) is 9.21. The molecule has 0 radical (unpaired) electrons. The molecule has 0 aliphatic heterocycles. The Morgan fingerprint density at radius 2 is 2.36 bits per heavy atom. The van der Waals surface area contributed by atoms with Gasteiger partial charge in [-0.05, 0) is 22.0 Å². The van der Waals surface area contributed by atoms with Gasteiger partial charge in [0.25, 0.3) is 0 Å². The van der Waals surface area contributed by atoms with Crippen molar-refractivity contribution in [1.82, 2.24) is 9.55 Å². The molecule has 0 saturated carbocycles. The molecule has 1 amide bonds. The van der Waals surface area contributed by atoms with Gasteiger partial charge in [-0.2, -0.15) is 0 Å². The number of carbonyl (C=O) groups is 1. The largest absolute Gasteiger partial charge is 0.351 e. The fourth-order valence-corrected chi connectivity index (χ4v) is 1.93. The van der Waals surface area contributed by atoms with Gasteiger partial charge in [-0.15, -0.1) is 0 Å². The van der Waals surface area contributed by atoms with Gasteiger partial charge in [-0.3, -0.25) is 4.57 Å². The third-order valence-electron chi connectivity index (χ3n) is 1.87. The van der Waals surface area contributed by atoms with Crippen molar-refractivity contribution >= 4 is 44.5 Å². The van der Waals surface area contributed by atoms with Crippen LogP contribution in [0.3, 0.4) is 0 Å². The SMILES string of the molecule is NC(=O)n1ccc2c(Br)cnc(Cl)c21. The Bertz CT molecular complexity index is 523. The Kier molecular flexibility index (Phi) is 2.20. The van der Waals surface area contributed by atoms with Gasteiger partial charge in [0.2, 0.25) is 0 Å². The molecule has 0 bridgehead atoms. The van der Waals surface area contributed by atoms with Crippen LogP contribution in [-0.4, -0.2) is 15.6 Å². The standard InChI is InChI=1S/C8H5BrClN3O/c9-5-3-12-7(10)6-4(5)1-2-13(6)8(11)14/h1-3H,(H2,11,14). The number of halogens is 2. The Hall–Kier alpha value is -1.07. The number of fused-ring (bicyclic) bond motifs is 1. The van der Waals surface area contributed by atoms with Gasteiger partial charge < -0.3 is 5.73 Å². The van der Waals surface area contributed by atoms with Gasteiger partial charge in [0, 0.05) is 22.3 Å². The van der Waals surface area contributed by atoms with E-state index in [0.717, 1.165) is 9.86 Å². The third kappa shape index (κ3) is 1.29. The first-order chi connectivity index (χ1) is 6.61. The van der Waals surface area contributed by atoms with Crippen molar-refractivity contribution in [2.45, 2.75) is 0 Å². The molecule has 2 N–H and O–H groups in total. The fraction of sp³-hybridized carbons (Fsp3) is 0. The molecule has 0 spiro atoms. The van der Waals surface area contributed by atoms with Crippen LogP contribution in [0.5, 0.6) is 0 Å². The molecule has 0 aromatic carbocycles. The number of hydrogen-bond donors (Lipinski definition) is 1. The van der Waals surface area contributed by atoms with Crippen molar-refractivity contribution in [3.8, 4) is 0 Å². The molecule has 2 aromatic rings. The molecular formula is C8H5BrClN3O. The minimum Gasteiger partial charge on any atom is -0.351 e. The molecule has 0 fully saturated rings. The molecule has 2 heterocycles. The van der Waals surface area contributed by atoms with Crippen molar-refractivity contribution in [3.63, 3.8) is 0 Å². The van der Waals surface area contributed by atoms with Crippen LogP contribution in [0, 0.1) is 0 Å². The van der Waals surface area contributed by atoms with Crippen molar-refractivity contribution in [2.24, 2.45) is 5.73 Å². The number of carbonyl (C=O) groups excluding carboxylic acids is 1. The zero-order valence-electron chi connectivity index (χ0n) is 6.87. The maximum absolute atomic E-state index is 11.0. The molecule has 2 aromatic heterocycles. The van der Waals surface area contributed by atoms with Gasteiger partial charge >= 0.3 is 6.03 Å². The lowest BCUT2D eigenvalue weighted by molar-refractivity contribution is 0.251. The Labute approximate surface area is 92.8 Å². The predicted octanol–water partition coefficient (Wildman–Crippen LogP) is 2.38. The molecule has 0 unspecified atom stereocenters. The smallest absolute Gasteiger partial charge is 0.323 e. The first-order valence-corrected chi connectivity index (χ1v) is 4.89. The summed E-state index contributed by atoms with van der Waals surface area (Å²) in [4.78, 5) is 14.9. The predicted molar refractivity (Wildman–Crippen MR) is 57.4 cm³/mol. The zero-order chi connectivity index (χ0) is 10.3. The quantitative estimate of drug-likeness (QED) is 0.750. The van der Waals surface area contributed by atoms with Gasteiger partial charge in [-0.25, -0.2) is 9.78 Å². The van der Waals surface area contributed by atoms with E-state index in [0.29, 0.717) is 5.52 Å². The summed E-state index contributed by atoms with van der Waals surface area (Å²) >= 11 is 9.17. The van der Waals surface area contributed by atoms with Crippen molar-refractivity contribution in [2.75, 3.05) is 0 Å². The van der Waals surface area contributed by atoms with E-state index in [1.807, 2.05) is 0 Å². The average molecular weight is 275 g/mol. The third-order valence-corrected chi connectivity index (χ3v) is 2.78. The van der Waals surface area contributed by atoms with Crippen LogP contribution in [0.4, 0.5) is 4.79 Å². The van der Waals surface area contributed by atoms with E-state index in [2.05, 4.69) is 20.9 Å². The van der Waals surface area contributed by atoms with Crippen LogP contribution in [0.25, 0.3) is 10.9 Å². The lowest BCUT2D eigenvalue weighted by Crippen LogP contribution is -2.18. The molecule has 0 atom stereocenters. The summed E-state index contributed by atoms with van der Waals surface area (Å²) < 4.78 is 2.03. The second kappa shape index (κ2) is 3.25. The molecular weight excluding hydrogens is 269 g/mol. The van der Waals surface area contributed by atoms with Crippen molar-refractivity contribution in [1.29, 1.82) is 0 Å². The highest BCUT2D eigenvalue weighted by Gasteiger charge is 2.11. The fourth-order valence-electron chi connectivity index (χ4n) is 1.26. The minimum atomic E-state index is -0.582. The van der Waals surface area contributed by atoms with E-state index in [1.54, 1.807) is 18.5 Å². The second-order valence-electron chi connectivity index (χ2n) is 2.68. The van der Waals surface area contributed by atoms with Gasteiger partial charge in [0.05, 0.1) is 5.52 Å². The molecule has 14 heavy (non-hydrogen) atoms. The number of aromatic nitrogens is 2. The van der Waals surface area contributed by atoms with Crippen molar-refractivity contribution in [3.05, 3.63) is 28.1 Å². The van der Waals surface area contributed by atoms with E-state index < -0.39 is 6.03 Å². The van der Waals surface area contributed by atoms with Crippen LogP contribution in [0.15, 0.2) is 22.9 Å². The van der Waals surface area contributed by atoms with E-state index >= 15 is 0 Å². The molecule has 0 aliphatic rings. The molecule has 6 heteroatoms. The second-order valence-corrected chi connectivity index (χ2v) is 3.90. The highest BCUT2D eigenvalue weighted by molar-refractivity contribution is 9.10. The summed E-state index contributed by atoms with van der Waals surface area (Å²) in [5.41, 5.74) is 5.69. The van der Waals surface area contributed by atoms with E-state index in [1.165, 1.54) is 4.57 Å². The van der Waals surface area contributed by atoms with Crippen LogP contribution in [-0.2, 0) is 0 Å². The van der Waals surface area contributed by atoms with Crippen LogP contribution in [0.2, 0.25) is 5.15 Å². The van der Waals surface area contributed by atoms with Crippen LogP contribution in [0.1, 0.15) is 0 Å². The Morgan fingerprint density at radius 3 is 3.00 bits per heavy atom. The monoisotopic (exact) mass is 273 g/mol. The number of amides is 1. The number of rotatable bonds is 0. The molecule has 72 valence electrons. The van der Waals surface area contributed by atoms with E-state index in [4.69, 9.17) is 17.3 Å². The molecule has 0 saturated heterocycles. The van der Waals surface area contributed by atoms with Crippen LogP contribution >= 0.6 is 27.5 Å². The first-order valence-electron chi connectivity index (χ1n) is 3.72. The lowest BCUT2D eigenvalue weighted by Gasteiger charge is -2.01. The van der Waals surface area contributed by atoms with Gasteiger partial charge in [0.15, 0.2) is 5.15 Å². The number of nitrogens with two attached hydrogens (primary N) is 1. The normalized spacial score (nSPS) is 10.7. The topological polar surface area (TPSA) is 60.9 Å². The summed E-state index contributed by atoms with van der Waals surface area (Å²) in [6.45, 7) is 0. The highest BCUT2D eigenvalue weighted by Crippen LogP contribution is 2.28. The maximum Gasteiger partial charge on any atom is 0.323 e. The average Bonchev–Trinajstić information content (AvgIpc) is 2.56. The lowest BCUT2D eigenvalue weighted by atomic mass is 10.3. The number of primary amides is 1. The maximum atomic E-state index is 11.0.